The molecule has 1 unspecified atom stereocenters. The smallest absolute Gasteiger partial charge is 0.0310 e. The summed E-state index contributed by atoms with van der Waals surface area (Å²) in [6, 6.07) is 0. The first-order valence-corrected chi connectivity index (χ1v) is 6.90. The molecular formula is C14H23Cl. The number of alkyl halides is 1. The fourth-order valence-electron chi connectivity index (χ4n) is 3.71. The molecule has 2 fully saturated rings. The van der Waals surface area contributed by atoms with Crippen LogP contribution in [0.2, 0.25) is 0 Å². The number of allylic oxidation sites excluding steroid dienone is 2. The van der Waals surface area contributed by atoms with E-state index >= 15 is 0 Å². The number of hydrogen-bond acceptors (Lipinski definition) is 0. The van der Waals surface area contributed by atoms with Crippen LogP contribution in [0.3, 0.4) is 0 Å². The summed E-state index contributed by atoms with van der Waals surface area (Å²) in [5.41, 5.74) is 2.33. The van der Waals surface area contributed by atoms with Gasteiger partial charge in [0.25, 0.3) is 0 Å². The van der Waals surface area contributed by atoms with Gasteiger partial charge in [-0.3, -0.25) is 0 Å². The molecule has 2 bridgehead atoms. The Balaban J connectivity index is 2.00. The van der Waals surface area contributed by atoms with E-state index < -0.39 is 0 Å². The molecule has 0 saturated heterocycles. The lowest BCUT2D eigenvalue weighted by Crippen LogP contribution is -2.17. The molecule has 0 aromatic rings. The summed E-state index contributed by atoms with van der Waals surface area (Å²) in [4.78, 5) is 0. The number of halogens is 1. The summed E-state index contributed by atoms with van der Waals surface area (Å²) in [7, 11) is 0. The van der Waals surface area contributed by atoms with Crippen LogP contribution in [0.25, 0.3) is 0 Å². The molecule has 0 radical (unpaired) electrons. The van der Waals surface area contributed by atoms with Gasteiger partial charge in [-0.05, 0) is 70.1 Å². The maximum atomic E-state index is 6.06. The minimum atomic E-state index is 0.329. The Labute approximate surface area is 99.1 Å². The first-order valence-electron chi connectivity index (χ1n) is 6.46. The van der Waals surface area contributed by atoms with E-state index in [2.05, 4.69) is 19.9 Å². The van der Waals surface area contributed by atoms with Gasteiger partial charge in [0.1, 0.15) is 0 Å². The minimum absolute atomic E-state index is 0.329. The fourth-order valence-corrected chi connectivity index (χ4v) is 3.82. The molecule has 0 nitrogen and oxygen atoms in total. The van der Waals surface area contributed by atoms with Crippen LogP contribution in [-0.2, 0) is 0 Å². The fraction of sp³-hybridized carbons (Fsp3) is 0.857. The molecule has 2 aliphatic carbocycles. The van der Waals surface area contributed by atoms with E-state index in [1.54, 1.807) is 5.57 Å². The Bertz CT molecular complexity index is 244. The van der Waals surface area contributed by atoms with Gasteiger partial charge in [-0.1, -0.05) is 11.6 Å². The normalized spacial score (nSPS) is 37.3. The number of rotatable bonds is 4. The highest BCUT2D eigenvalue weighted by Gasteiger charge is 2.46. The minimum Gasteiger partial charge on any atom is -0.123 e. The second-order valence-corrected chi connectivity index (χ2v) is 6.31. The van der Waals surface area contributed by atoms with Crippen molar-refractivity contribution >= 4 is 11.6 Å². The van der Waals surface area contributed by atoms with Crippen LogP contribution >= 0.6 is 11.6 Å². The van der Waals surface area contributed by atoms with Crippen LogP contribution in [0.1, 0.15) is 58.8 Å². The van der Waals surface area contributed by atoms with Crippen molar-refractivity contribution in [2.75, 3.05) is 0 Å². The van der Waals surface area contributed by atoms with E-state index in [1.165, 1.54) is 38.5 Å². The molecule has 0 spiro atoms. The van der Waals surface area contributed by atoms with Gasteiger partial charge in [-0.25, -0.2) is 0 Å². The summed E-state index contributed by atoms with van der Waals surface area (Å²) >= 11 is 6.06. The Morgan fingerprint density at radius 2 is 2.13 bits per heavy atom. The summed E-state index contributed by atoms with van der Waals surface area (Å²) in [5, 5.41) is 0.329. The van der Waals surface area contributed by atoms with Crippen molar-refractivity contribution in [1.82, 2.24) is 0 Å². The van der Waals surface area contributed by atoms with Crippen molar-refractivity contribution in [1.29, 1.82) is 0 Å². The Kier molecular flexibility index (Phi) is 3.45. The zero-order chi connectivity index (χ0) is 10.9. The van der Waals surface area contributed by atoms with Gasteiger partial charge in [-0.15, -0.1) is 11.6 Å². The van der Waals surface area contributed by atoms with Crippen LogP contribution in [0.5, 0.6) is 0 Å². The van der Waals surface area contributed by atoms with Crippen LogP contribution in [0.15, 0.2) is 11.6 Å². The highest BCUT2D eigenvalue weighted by atomic mass is 35.5. The monoisotopic (exact) mass is 226 g/mol. The second kappa shape index (κ2) is 4.49. The number of fused-ring (bicyclic) bond motifs is 2. The predicted molar refractivity (Wildman–Crippen MR) is 67.3 cm³/mol. The predicted octanol–water partition coefficient (Wildman–Crippen LogP) is 4.92. The van der Waals surface area contributed by atoms with Gasteiger partial charge in [-0.2, -0.15) is 0 Å². The van der Waals surface area contributed by atoms with Gasteiger partial charge in [0, 0.05) is 5.38 Å². The quantitative estimate of drug-likeness (QED) is 0.472. The first-order chi connectivity index (χ1) is 7.16. The molecule has 2 saturated carbocycles. The molecule has 1 heteroatoms. The molecule has 0 aliphatic heterocycles. The molecule has 15 heavy (non-hydrogen) atoms. The van der Waals surface area contributed by atoms with Crippen molar-refractivity contribution in [2.45, 2.75) is 64.2 Å². The van der Waals surface area contributed by atoms with Gasteiger partial charge in [0.2, 0.25) is 0 Å². The maximum Gasteiger partial charge on any atom is 0.0310 e. The van der Waals surface area contributed by atoms with Crippen molar-refractivity contribution in [2.24, 2.45) is 11.3 Å². The van der Waals surface area contributed by atoms with Crippen molar-refractivity contribution in [3.8, 4) is 0 Å². The summed E-state index contributed by atoms with van der Waals surface area (Å²) in [5.74, 6) is 1.05. The SMILES string of the molecule is CC=C(CCC(C)Cl)C12CCC(CC1)C2. The summed E-state index contributed by atoms with van der Waals surface area (Å²) in [6.45, 7) is 4.33. The molecule has 0 aromatic carbocycles. The molecule has 2 rings (SSSR count). The van der Waals surface area contributed by atoms with Crippen LogP contribution < -0.4 is 0 Å². The molecule has 0 N–H and O–H groups in total. The van der Waals surface area contributed by atoms with Gasteiger partial charge in [0.05, 0.1) is 0 Å². The number of hydrogen-bond donors (Lipinski definition) is 0. The van der Waals surface area contributed by atoms with Crippen molar-refractivity contribution in [3.05, 3.63) is 11.6 Å². The van der Waals surface area contributed by atoms with E-state index in [-0.39, 0.29) is 0 Å². The Morgan fingerprint density at radius 1 is 1.47 bits per heavy atom. The molecule has 86 valence electrons. The highest BCUT2D eigenvalue weighted by Crippen LogP contribution is 2.58. The highest BCUT2D eigenvalue weighted by molar-refractivity contribution is 6.20. The molecular weight excluding hydrogens is 204 g/mol. The van der Waals surface area contributed by atoms with E-state index in [1.807, 2.05) is 0 Å². The van der Waals surface area contributed by atoms with Crippen molar-refractivity contribution < 1.29 is 0 Å². The van der Waals surface area contributed by atoms with E-state index in [0.29, 0.717) is 10.8 Å². The molecule has 0 heterocycles. The van der Waals surface area contributed by atoms with E-state index in [0.717, 1.165) is 12.3 Å². The standard InChI is InChI=1S/C14H23Cl/c1-3-13(5-4-11(2)15)14-8-6-12(10-14)7-9-14/h3,11-12H,4-10H2,1-2H3. The van der Waals surface area contributed by atoms with Crippen molar-refractivity contribution in [3.63, 3.8) is 0 Å². The van der Waals surface area contributed by atoms with Crippen LogP contribution in [0.4, 0.5) is 0 Å². The Morgan fingerprint density at radius 3 is 2.53 bits per heavy atom. The second-order valence-electron chi connectivity index (χ2n) is 5.56. The molecule has 1 atom stereocenters. The van der Waals surface area contributed by atoms with Gasteiger partial charge < -0.3 is 0 Å². The summed E-state index contributed by atoms with van der Waals surface area (Å²) in [6.07, 6.45) is 12.1. The van der Waals surface area contributed by atoms with Gasteiger partial charge >= 0.3 is 0 Å². The lowest BCUT2D eigenvalue weighted by atomic mass is 9.75. The van der Waals surface area contributed by atoms with E-state index in [9.17, 15) is 0 Å². The van der Waals surface area contributed by atoms with Crippen LogP contribution in [-0.4, -0.2) is 5.38 Å². The third-order valence-corrected chi connectivity index (χ3v) is 4.80. The third kappa shape index (κ3) is 2.25. The topological polar surface area (TPSA) is 0 Å². The average Bonchev–Trinajstić information content (AvgIpc) is 2.78. The van der Waals surface area contributed by atoms with E-state index in [4.69, 9.17) is 11.6 Å². The molecule has 0 aromatic heterocycles. The lowest BCUT2D eigenvalue weighted by molar-refractivity contribution is 0.346. The zero-order valence-electron chi connectivity index (χ0n) is 10.1. The largest absolute Gasteiger partial charge is 0.123 e. The third-order valence-electron chi connectivity index (χ3n) is 4.58. The summed E-state index contributed by atoms with van der Waals surface area (Å²) < 4.78 is 0. The maximum absolute atomic E-state index is 6.06. The lowest BCUT2D eigenvalue weighted by Gasteiger charge is -2.30. The zero-order valence-corrected chi connectivity index (χ0v) is 10.8. The average molecular weight is 227 g/mol. The first kappa shape index (κ1) is 11.5. The molecule has 0 amide bonds. The molecule has 2 aliphatic rings. The van der Waals surface area contributed by atoms with Crippen LogP contribution in [0, 0.1) is 11.3 Å². The van der Waals surface area contributed by atoms with Gasteiger partial charge in [0.15, 0.2) is 0 Å². The Hall–Kier alpha value is 0.0300.